The van der Waals surface area contributed by atoms with Crippen LogP contribution in [-0.2, 0) is 14.3 Å². The van der Waals surface area contributed by atoms with Crippen molar-refractivity contribution in [1.82, 2.24) is 0 Å². The van der Waals surface area contributed by atoms with Gasteiger partial charge in [0, 0.05) is 12.2 Å². The molecule has 0 unspecified atom stereocenters. The molecule has 0 radical (unpaired) electrons. The highest BCUT2D eigenvalue weighted by Crippen LogP contribution is 2.22. The van der Waals surface area contributed by atoms with Gasteiger partial charge in [-0.15, -0.1) is 0 Å². The number of nitriles is 1. The first kappa shape index (κ1) is 21.6. The van der Waals surface area contributed by atoms with E-state index in [1.165, 1.54) is 4.90 Å². The standard InChI is InChI=1S/C25H22N2O4/c26-16-7-17-27(22-10-5-2-6-11-22)24(28)18-31-25(29)19-30-23-14-12-21(13-15-23)20-8-3-1-4-9-20/h1-6,8-15H,7,17-19H2. The Balaban J connectivity index is 1.49. The zero-order valence-corrected chi connectivity index (χ0v) is 16.9. The minimum Gasteiger partial charge on any atom is -0.482 e. The first-order valence-electron chi connectivity index (χ1n) is 9.83. The Morgan fingerprint density at radius 3 is 2.06 bits per heavy atom. The summed E-state index contributed by atoms with van der Waals surface area (Å²) in [5.74, 6) is -0.515. The van der Waals surface area contributed by atoms with Crippen LogP contribution in [0, 0.1) is 11.3 Å². The number of hydrogen-bond acceptors (Lipinski definition) is 5. The van der Waals surface area contributed by atoms with Crippen LogP contribution in [0.3, 0.4) is 0 Å². The minimum atomic E-state index is -0.645. The van der Waals surface area contributed by atoms with Gasteiger partial charge in [0.15, 0.2) is 13.2 Å². The van der Waals surface area contributed by atoms with Crippen LogP contribution in [0.4, 0.5) is 5.69 Å². The molecule has 156 valence electrons. The number of para-hydroxylation sites is 1. The van der Waals surface area contributed by atoms with Gasteiger partial charge in [-0.2, -0.15) is 5.26 Å². The summed E-state index contributed by atoms with van der Waals surface area (Å²) >= 11 is 0. The summed E-state index contributed by atoms with van der Waals surface area (Å²) < 4.78 is 10.5. The van der Waals surface area contributed by atoms with Crippen molar-refractivity contribution in [3.63, 3.8) is 0 Å². The number of carbonyl (C=O) groups excluding carboxylic acids is 2. The smallest absolute Gasteiger partial charge is 0.344 e. The Labute approximate surface area is 181 Å². The van der Waals surface area contributed by atoms with Crippen LogP contribution < -0.4 is 9.64 Å². The molecule has 6 heteroatoms. The number of anilines is 1. The number of ether oxygens (including phenoxy) is 2. The lowest BCUT2D eigenvalue weighted by Gasteiger charge is -2.21. The summed E-state index contributed by atoms with van der Waals surface area (Å²) in [4.78, 5) is 25.9. The number of rotatable bonds is 9. The first-order chi connectivity index (χ1) is 15.2. The van der Waals surface area contributed by atoms with Crippen LogP contribution in [0.15, 0.2) is 84.9 Å². The summed E-state index contributed by atoms with van der Waals surface area (Å²) in [6, 6.07) is 28.3. The highest BCUT2D eigenvalue weighted by molar-refractivity contribution is 5.95. The normalized spacial score (nSPS) is 10.0. The highest BCUT2D eigenvalue weighted by Gasteiger charge is 2.17. The lowest BCUT2D eigenvalue weighted by molar-refractivity contribution is -0.149. The fourth-order valence-corrected chi connectivity index (χ4v) is 2.95. The van der Waals surface area contributed by atoms with E-state index in [4.69, 9.17) is 14.7 Å². The van der Waals surface area contributed by atoms with E-state index in [0.717, 1.165) is 11.1 Å². The summed E-state index contributed by atoms with van der Waals surface area (Å²) in [6.45, 7) is -0.502. The predicted octanol–water partition coefficient (Wildman–Crippen LogP) is 4.22. The maximum atomic E-state index is 12.5. The van der Waals surface area contributed by atoms with Gasteiger partial charge in [0.2, 0.25) is 0 Å². The second-order valence-electron chi connectivity index (χ2n) is 6.63. The second kappa shape index (κ2) is 11.2. The summed E-state index contributed by atoms with van der Waals surface area (Å²) in [5.41, 5.74) is 2.78. The second-order valence-corrected chi connectivity index (χ2v) is 6.63. The average molecular weight is 414 g/mol. The Bertz CT molecular complexity index is 1030. The first-order valence-corrected chi connectivity index (χ1v) is 9.83. The largest absolute Gasteiger partial charge is 0.482 e. The van der Waals surface area contributed by atoms with Gasteiger partial charge >= 0.3 is 5.97 Å². The van der Waals surface area contributed by atoms with E-state index in [-0.39, 0.29) is 19.6 Å². The molecule has 0 aromatic heterocycles. The van der Waals surface area contributed by atoms with E-state index in [2.05, 4.69) is 0 Å². The van der Waals surface area contributed by atoms with Crippen LogP contribution >= 0.6 is 0 Å². The number of hydrogen-bond donors (Lipinski definition) is 0. The number of carbonyl (C=O) groups is 2. The third-order valence-corrected chi connectivity index (χ3v) is 4.49. The number of amides is 1. The molecule has 0 N–H and O–H groups in total. The fourth-order valence-electron chi connectivity index (χ4n) is 2.95. The molecule has 0 saturated heterocycles. The highest BCUT2D eigenvalue weighted by atomic mass is 16.6. The SMILES string of the molecule is N#CCCN(C(=O)COC(=O)COc1ccc(-c2ccccc2)cc1)c1ccccc1. The van der Waals surface area contributed by atoms with Gasteiger partial charge in [0.25, 0.3) is 5.91 Å². The minimum absolute atomic E-state index is 0.177. The van der Waals surface area contributed by atoms with Crippen molar-refractivity contribution < 1.29 is 19.1 Å². The molecule has 0 spiro atoms. The van der Waals surface area contributed by atoms with Gasteiger partial charge in [-0.05, 0) is 35.4 Å². The number of nitrogens with zero attached hydrogens (tertiary/aromatic N) is 2. The van der Waals surface area contributed by atoms with Crippen LogP contribution in [0.5, 0.6) is 5.75 Å². The van der Waals surface area contributed by atoms with Crippen LogP contribution in [-0.4, -0.2) is 31.6 Å². The maximum absolute atomic E-state index is 12.5. The van der Waals surface area contributed by atoms with Crippen LogP contribution in [0.25, 0.3) is 11.1 Å². The van der Waals surface area contributed by atoms with Gasteiger partial charge in [-0.25, -0.2) is 4.79 Å². The van der Waals surface area contributed by atoms with Gasteiger partial charge in [-0.3, -0.25) is 4.79 Å². The third kappa shape index (κ3) is 6.44. The zero-order chi connectivity index (χ0) is 21.9. The number of esters is 1. The molecule has 3 aromatic carbocycles. The molecule has 6 nitrogen and oxygen atoms in total. The lowest BCUT2D eigenvalue weighted by atomic mass is 10.1. The molecule has 0 aliphatic carbocycles. The maximum Gasteiger partial charge on any atom is 0.344 e. The van der Waals surface area contributed by atoms with E-state index in [1.807, 2.05) is 54.6 Å². The molecule has 0 bridgehead atoms. The Morgan fingerprint density at radius 2 is 1.42 bits per heavy atom. The molecule has 0 heterocycles. The van der Waals surface area contributed by atoms with Crippen molar-refractivity contribution in [3.8, 4) is 22.9 Å². The topological polar surface area (TPSA) is 79.6 Å². The van der Waals surface area contributed by atoms with E-state index >= 15 is 0 Å². The van der Waals surface area contributed by atoms with Crippen molar-refractivity contribution in [3.05, 3.63) is 84.9 Å². The fraction of sp³-hybridized carbons (Fsp3) is 0.160. The molecule has 0 atom stereocenters. The molecule has 3 rings (SSSR count). The zero-order valence-electron chi connectivity index (χ0n) is 16.9. The Kier molecular flexibility index (Phi) is 7.78. The third-order valence-electron chi connectivity index (χ3n) is 4.49. The van der Waals surface area contributed by atoms with E-state index in [1.54, 1.807) is 36.4 Å². The predicted molar refractivity (Wildman–Crippen MR) is 117 cm³/mol. The molecule has 0 aliphatic rings. The van der Waals surface area contributed by atoms with Gasteiger partial charge in [-0.1, -0.05) is 60.7 Å². The van der Waals surface area contributed by atoms with Crippen LogP contribution in [0.2, 0.25) is 0 Å². The number of benzene rings is 3. The molecule has 0 saturated carbocycles. The van der Waals surface area contributed by atoms with Crippen molar-refractivity contribution in [2.45, 2.75) is 6.42 Å². The van der Waals surface area contributed by atoms with Crippen LogP contribution in [0.1, 0.15) is 6.42 Å². The van der Waals surface area contributed by atoms with E-state index < -0.39 is 18.5 Å². The van der Waals surface area contributed by atoms with Crippen molar-refractivity contribution in [2.24, 2.45) is 0 Å². The lowest BCUT2D eigenvalue weighted by Crippen LogP contribution is -2.36. The Hall–Kier alpha value is -4.11. The van der Waals surface area contributed by atoms with E-state index in [9.17, 15) is 9.59 Å². The molecule has 0 aliphatic heterocycles. The molecular formula is C25H22N2O4. The summed E-state index contributed by atoms with van der Waals surface area (Å²) in [6.07, 6.45) is 0.177. The van der Waals surface area contributed by atoms with Gasteiger partial charge in [0.05, 0.1) is 12.5 Å². The average Bonchev–Trinajstić information content (AvgIpc) is 2.83. The molecule has 0 fully saturated rings. The van der Waals surface area contributed by atoms with Gasteiger partial charge < -0.3 is 14.4 Å². The van der Waals surface area contributed by atoms with Crippen molar-refractivity contribution in [2.75, 3.05) is 24.7 Å². The Morgan fingerprint density at radius 1 is 0.806 bits per heavy atom. The van der Waals surface area contributed by atoms with E-state index in [0.29, 0.717) is 11.4 Å². The summed E-state index contributed by atoms with van der Waals surface area (Å²) in [5, 5.41) is 8.83. The quantitative estimate of drug-likeness (QED) is 0.490. The van der Waals surface area contributed by atoms with Crippen molar-refractivity contribution >= 4 is 17.6 Å². The van der Waals surface area contributed by atoms with Crippen molar-refractivity contribution in [1.29, 1.82) is 5.26 Å². The molecule has 1 amide bonds. The molecule has 3 aromatic rings. The molecular weight excluding hydrogens is 392 g/mol. The summed E-state index contributed by atoms with van der Waals surface area (Å²) in [7, 11) is 0. The monoisotopic (exact) mass is 414 g/mol. The molecule has 31 heavy (non-hydrogen) atoms. The van der Waals surface area contributed by atoms with Gasteiger partial charge in [0.1, 0.15) is 5.75 Å².